The van der Waals surface area contributed by atoms with Gasteiger partial charge in [0.1, 0.15) is 11.9 Å². The van der Waals surface area contributed by atoms with Gasteiger partial charge in [0.05, 0.1) is 0 Å². The van der Waals surface area contributed by atoms with Crippen molar-refractivity contribution in [3.8, 4) is 5.75 Å². The van der Waals surface area contributed by atoms with Gasteiger partial charge in [-0.2, -0.15) is 0 Å². The van der Waals surface area contributed by atoms with E-state index in [4.69, 9.17) is 10.5 Å². The third kappa shape index (κ3) is 3.64. The quantitative estimate of drug-likeness (QED) is 0.876. The molecule has 0 aromatic heterocycles. The van der Waals surface area contributed by atoms with E-state index in [1.54, 1.807) is 0 Å². The predicted molar refractivity (Wildman–Crippen MR) is 88.9 cm³/mol. The van der Waals surface area contributed by atoms with Crippen LogP contribution in [0.2, 0.25) is 0 Å². The van der Waals surface area contributed by atoms with E-state index in [0.29, 0.717) is 12.5 Å². The van der Waals surface area contributed by atoms with Gasteiger partial charge in [0.15, 0.2) is 0 Å². The second kappa shape index (κ2) is 6.77. The molecule has 112 valence electrons. The highest BCUT2D eigenvalue weighted by Crippen LogP contribution is 2.27. The smallest absolute Gasteiger partial charge is 0.136 e. The van der Waals surface area contributed by atoms with Crippen molar-refractivity contribution in [3.63, 3.8) is 0 Å². The van der Waals surface area contributed by atoms with Crippen molar-refractivity contribution in [2.24, 2.45) is 5.73 Å². The summed E-state index contributed by atoms with van der Waals surface area (Å²) in [6.45, 7) is 9.11. The van der Waals surface area contributed by atoms with Gasteiger partial charge < -0.3 is 10.5 Å². The van der Waals surface area contributed by atoms with Crippen LogP contribution in [0.1, 0.15) is 48.1 Å². The van der Waals surface area contributed by atoms with Crippen LogP contribution in [-0.4, -0.2) is 6.54 Å². The van der Waals surface area contributed by atoms with Gasteiger partial charge in [-0.05, 0) is 54.2 Å². The Labute approximate surface area is 127 Å². The molecule has 0 saturated heterocycles. The minimum Gasteiger partial charge on any atom is -0.484 e. The molecule has 0 aliphatic rings. The summed E-state index contributed by atoms with van der Waals surface area (Å²) < 4.78 is 6.12. The Hall–Kier alpha value is -1.80. The van der Waals surface area contributed by atoms with Gasteiger partial charge in [-0.1, -0.05) is 44.2 Å². The molecule has 0 saturated carbocycles. The zero-order valence-electron chi connectivity index (χ0n) is 13.4. The second-order valence-corrected chi connectivity index (χ2v) is 5.87. The summed E-state index contributed by atoms with van der Waals surface area (Å²) in [5.74, 6) is 1.41. The SMILES string of the molecule is Cc1cc(OC(CN)c2ccccc2C)ccc1C(C)C. The van der Waals surface area contributed by atoms with E-state index in [1.807, 2.05) is 18.2 Å². The van der Waals surface area contributed by atoms with Crippen LogP contribution in [0.15, 0.2) is 42.5 Å². The summed E-state index contributed by atoms with van der Waals surface area (Å²) in [5.41, 5.74) is 10.9. The van der Waals surface area contributed by atoms with E-state index in [2.05, 4.69) is 52.0 Å². The van der Waals surface area contributed by atoms with Crippen molar-refractivity contribution < 1.29 is 4.74 Å². The lowest BCUT2D eigenvalue weighted by molar-refractivity contribution is 0.213. The predicted octanol–water partition coefficient (Wildman–Crippen LogP) is 4.51. The van der Waals surface area contributed by atoms with Crippen molar-refractivity contribution >= 4 is 0 Å². The first-order valence-corrected chi connectivity index (χ1v) is 7.55. The zero-order chi connectivity index (χ0) is 15.4. The Morgan fingerprint density at radius 2 is 1.67 bits per heavy atom. The number of ether oxygens (including phenoxy) is 1. The zero-order valence-corrected chi connectivity index (χ0v) is 13.4. The Morgan fingerprint density at radius 3 is 2.24 bits per heavy atom. The highest BCUT2D eigenvalue weighted by Gasteiger charge is 2.14. The van der Waals surface area contributed by atoms with E-state index in [9.17, 15) is 0 Å². The Morgan fingerprint density at radius 1 is 0.952 bits per heavy atom. The molecule has 0 bridgehead atoms. The molecule has 2 aromatic rings. The summed E-state index contributed by atoms with van der Waals surface area (Å²) in [6, 6.07) is 14.5. The van der Waals surface area contributed by atoms with Crippen molar-refractivity contribution in [3.05, 3.63) is 64.7 Å². The third-order valence-electron chi connectivity index (χ3n) is 3.89. The van der Waals surface area contributed by atoms with Gasteiger partial charge >= 0.3 is 0 Å². The largest absolute Gasteiger partial charge is 0.484 e. The molecule has 0 heterocycles. The van der Waals surface area contributed by atoms with Gasteiger partial charge in [-0.3, -0.25) is 0 Å². The first-order valence-electron chi connectivity index (χ1n) is 7.55. The van der Waals surface area contributed by atoms with Crippen LogP contribution in [0.3, 0.4) is 0 Å². The minimum atomic E-state index is -0.101. The van der Waals surface area contributed by atoms with Gasteiger partial charge in [-0.15, -0.1) is 0 Å². The average Bonchev–Trinajstić information content (AvgIpc) is 2.45. The lowest BCUT2D eigenvalue weighted by Crippen LogP contribution is -2.19. The van der Waals surface area contributed by atoms with E-state index in [0.717, 1.165) is 11.3 Å². The number of rotatable bonds is 5. The van der Waals surface area contributed by atoms with Crippen LogP contribution >= 0.6 is 0 Å². The lowest BCUT2D eigenvalue weighted by atomic mass is 9.98. The molecular formula is C19H25NO. The van der Waals surface area contributed by atoms with Crippen molar-refractivity contribution in [1.82, 2.24) is 0 Å². The number of nitrogens with two attached hydrogens (primary N) is 1. The molecule has 0 aliphatic heterocycles. The summed E-state index contributed by atoms with van der Waals surface area (Å²) in [5, 5.41) is 0. The fourth-order valence-electron chi connectivity index (χ4n) is 2.72. The highest BCUT2D eigenvalue weighted by atomic mass is 16.5. The molecule has 0 aliphatic carbocycles. The number of hydrogen-bond acceptors (Lipinski definition) is 2. The minimum absolute atomic E-state index is 0.101. The van der Waals surface area contributed by atoms with Crippen molar-refractivity contribution in [1.29, 1.82) is 0 Å². The summed E-state index contributed by atoms with van der Waals surface area (Å²) in [7, 11) is 0. The first kappa shape index (κ1) is 15.6. The second-order valence-electron chi connectivity index (χ2n) is 5.87. The molecule has 2 aromatic carbocycles. The highest BCUT2D eigenvalue weighted by molar-refractivity contribution is 5.37. The van der Waals surface area contributed by atoms with Crippen LogP contribution in [-0.2, 0) is 0 Å². The molecule has 0 spiro atoms. The molecule has 0 radical (unpaired) electrons. The van der Waals surface area contributed by atoms with Crippen LogP contribution in [0.25, 0.3) is 0 Å². The molecule has 2 nitrogen and oxygen atoms in total. The van der Waals surface area contributed by atoms with E-state index < -0.39 is 0 Å². The number of benzene rings is 2. The van der Waals surface area contributed by atoms with E-state index in [-0.39, 0.29) is 6.10 Å². The summed E-state index contributed by atoms with van der Waals surface area (Å²) in [6.07, 6.45) is -0.101. The van der Waals surface area contributed by atoms with E-state index in [1.165, 1.54) is 16.7 Å². The maximum atomic E-state index is 6.12. The molecule has 1 atom stereocenters. The topological polar surface area (TPSA) is 35.2 Å². The first-order chi connectivity index (χ1) is 10.0. The monoisotopic (exact) mass is 283 g/mol. The normalized spacial score (nSPS) is 12.5. The van der Waals surface area contributed by atoms with Crippen molar-refractivity contribution in [2.45, 2.75) is 39.7 Å². The summed E-state index contributed by atoms with van der Waals surface area (Å²) >= 11 is 0. The molecule has 2 heteroatoms. The maximum absolute atomic E-state index is 6.12. The Kier molecular flexibility index (Phi) is 5.03. The molecular weight excluding hydrogens is 258 g/mol. The molecule has 21 heavy (non-hydrogen) atoms. The van der Waals surface area contributed by atoms with E-state index >= 15 is 0 Å². The molecule has 0 fully saturated rings. The molecule has 2 N–H and O–H groups in total. The molecule has 0 amide bonds. The van der Waals surface area contributed by atoms with Gasteiger partial charge in [0, 0.05) is 6.54 Å². The van der Waals surface area contributed by atoms with Crippen LogP contribution in [0, 0.1) is 13.8 Å². The van der Waals surface area contributed by atoms with Crippen LogP contribution in [0.4, 0.5) is 0 Å². The maximum Gasteiger partial charge on any atom is 0.136 e. The Bertz CT molecular complexity index is 604. The lowest BCUT2D eigenvalue weighted by Gasteiger charge is -2.21. The fraction of sp³-hybridized carbons (Fsp3) is 0.368. The number of aryl methyl sites for hydroxylation is 2. The molecule has 2 rings (SSSR count). The van der Waals surface area contributed by atoms with Gasteiger partial charge in [0.25, 0.3) is 0 Å². The van der Waals surface area contributed by atoms with Crippen molar-refractivity contribution in [2.75, 3.05) is 6.54 Å². The van der Waals surface area contributed by atoms with Crippen LogP contribution < -0.4 is 10.5 Å². The average molecular weight is 283 g/mol. The standard InChI is InChI=1S/C19H25NO/c1-13(2)17-10-9-16(11-15(17)4)21-19(12-20)18-8-6-5-7-14(18)3/h5-11,13,19H,12,20H2,1-4H3. The number of hydrogen-bond donors (Lipinski definition) is 1. The Balaban J connectivity index is 2.23. The van der Waals surface area contributed by atoms with Gasteiger partial charge in [0.2, 0.25) is 0 Å². The molecule has 1 unspecified atom stereocenters. The van der Waals surface area contributed by atoms with Crippen LogP contribution in [0.5, 0.6) is 5.75 Å². The van der Waals surface area contributed by atoms with Gasteiger partial charge in [-0.25, -0.2) is 0 Å². The summed E-state index contributed by atoms with van der Waals surface area (Å²) in [4.78, 5) is 0. The fourth-order valence-corrected chi connectivity index (χ4v) is 2.72. The third-order valence-corrected chi connectivity index (χ3v) is 3.89.